The molecule has 6 heteroatoms. The second kappa shape index (κ2) is 6.04. The van der Waals surface area contributed by atoms with Crippen LogP contribution in [0.1, 0.15) is 25.7 Å². The molecular formula is C12H20N2O4. The van der Waals surface area contributed by atoms with Gasteiger partial charge in [0.2, 0.25) is 5.91 Å². The summed E-state index contributed by atoms with van der Waals surface area (Å²) in [4.78, 5) is 26.1. The Morgan fingerprint density at radius 1 is 1.11 bits per heavy atom. The number of carbonyl (C=O) groups is 2. The molecule has 1 N–H and O–H groups in total. The van der Waals surface area contributed by atoms with Crippen molar-refractivity contribution in [3.05, 3.63) is 0 Å². The van der Waals surface area contributed by atoms with E-state index in [4.69, 9.17) is 9.84 Å². The summed E-state index contributed by atoms with van der Waals surface area (Å²) in [7, 11) is 0. The summed E-state index contributed by atoms with van der Waals surface area (Å²) in [5.41, 5.74) is 0. The lowest BCUT2D eigenvalue weighted by Gasteiger charge is -2.22. The largest absolute Gasteiger partial charge is 0.465 e. The van der Waals surface area contributed by atoms with Gasteiger partial charge in [-0.1, -0.05) is 0 Å². The minimum Gasteiger partial charge on any atom is -0.465 e. The number of carboxylic acid groups (broad SMARTS) is 1. The summed E-state index contributed by atoms with van der Waals surface area (Å²) < 4.78 is 5.45. The van der Waals surface area contributed by atoms with Crippen molar-refractivity contribution in [1.82, 2.24) is 9.80 Å². The molecule has 0 spiro atoms. The number of amides is 2. The molecule has 2 aliphatic heterocycles. The fourth-order valence-corrected chi connectivity index (χ4v) is 2.49. The Bertz CT molecular complexity index is 315. The van der Waals surface area contributed by atoms with Crippen LogP contribution in [0.25, 0.3) is 0 Å². The van der Waals surface area contributed by atoms with E-state index in [1.807, 2.05) is 0 Å². The molecule has 2 saturated heterocycles. The minimum absolute atomic E-state index is 0.0660. The first kappa shape index (κ1) is 13.1. The number of hydrogen-bond donors (Lipinski definition) is 1. The molecule has 2 aliphatic rings. The summed E-state index contributed by atoms with van der Waals surface area (Å²) in [5.74, 6) is 0.0918. The average molecular weight is 256 g/mol. The van der Waals surface area contributed by atoms with Gasteiger partial charge in [-0.15, -0.1) is 0 Å². The van der Waals surface area contributed by atoms with Crippen LogP contribution in [0, 0.1) is 0 Å². The molecule has 102 valence electrons. The lowest BCUT2D eigenvalue weighted by atomic mass is 10.1. The fraction of sp³-hybridized carbons (Fsp3) is 0.833. The highest BCUT2D eigenvalue weighted by Crippen LogP contribution is 2.17. The van der Waals surface area contributed by atoms with Crippen molar-refractivity contribution in [2.45, 2.75) is 31.8 Å². The van der Waals surface area contributed by atoms with E-state index in [-0.39, 0.29) is 12.0 Å². The summed E-state index contributed by atoms with van der Waals surface area (Å²) in [6.07, 6.45) is 2.31. The van der Waals surface area contributed by atoms with Crippen molar-refractivity contribution in [2.24, 2.45) is 0 Å². The number of ether oxygens (including phenoxy) is 1. The summed E-state index contributed by atoms with van der Waals surface area (Å²) in [6.45, 7) is 2.82. The quantitative estimate of drug-likeness (QED) is 0.792. The Kier molecular flexibility index (Phi) is 4.41. The van der Waals surface area contributed by atoms with E-state index >= 15 is 0 Å². The van der Waals surface area contributed by atoms with Gasteiger partial charge in [-0.3, -0.25) is 4.79 Å². The van der Waals surface area contributed by atoms with E-state index in [2.05, 4.69) is 0 Å². The van der Waals surface area contributed by atoms with Gasteiger partial charge >= 0.3 is 6.09 Å². The molecule has 2 fully saturated rings. The SMILES string of the molecule is O=C(O)N1CCCN(C(=O)CC2CCCO2)CC1. The van der Waals surface area contributed by atoms with Gasteiger partial charge in [-0.2, -0.15) is 0 Å². The molecule has 0 bridgehead atoms. The molecule has 1 unspecified atom stereocenters. The van der Waals surface area contributed by atoms with Crippen LogP contribution in [-0.2, 0) is 9.53 Å². The Morgan fingerprint density at radius 2 is 1.83 bits per heavy atom. The molecular weight excluding hydrogens is 236 g/mol. The van der Waals surface area contributed by atoms with E-state index in [1.165, 1.54) is 4.90 Å². The smallest absolute Gasteiger partial charge is 0.407 e. The van der Waals surface area contributed by atoms with Gasteiger partial charge in [0.15, 0.2) is 0 Å². The maximum absolute atomic E-state index is 12.1. The third-order valence-electron chi connectivity index (χ3n) is 3.55. The Hall–Kier alpha value is -1.30. The van der Waals surface area contributed by atoms with Crippen LogP contribution < -0.4 is 0 Å². The summed E-state index contributed by atoms with van der Waals surface area (Å²) in [6, 6.07) is 0. The van der Waals surface area contributed by atoms with E-state index in [0.29, 0.717) is 39.0 Å². The molecule has 2 amide bonds. The van der Waals surface area contributed by atoms with Gasteiger partial charge < -0.3 is 19.6 Å². The van der Waals surface area contributed by atoms with Crippen LogP contribution in [0.2, 0.25) is 0 Å². The highest BCUT2D eigenvalue weighted by atomic mass is 16.5. The fourth-order valence-electron chi connectivity index (χ4n) is 2.49. The Balaban J connectivity index is 1.81. The van der Waals surface area contributed by atoms with Crippen LogP contribution in [-0.4, -0.2) is 65.8 Å². The Morgan fingerprint density at radius 3 is 2.50 bits per heavy atom. The van der Waals surface area contributed by atoms with Gasteiger partial charge in [0, 0.05) is 32.8 Å². The summed E-state index contributed by atoms with van der Waals surface area (Å²) in [5, 5.41) is 8.92. The Labute approximate surface area is 106 Å². The molecule has 2 rings (SSSR count). The van der Waals surface area contributed by atoms with Gasteiger partial charge in [0.05, 0.1) is 12.5 Å². The van der Waals surface area contributed by atoms with Crippen LogP contribution in [0.4, 0.5) is 4.79 Å². The highest BCUT2D eigenvalue weighted by Gasteiger charge is 2.25. The number of hydrogen-bond acceptors (Lipinski definition) is 3. The predicted molar refractivity (Wildman–Crippen MR) is 64.4 cm³/mol. The normalized spacial score (nSPS) is 25.0. The summed E-state index contributed by atoms with van der Waals surface area (Å²) >= 11 is 0. The third kappa shape index (κ3) is 3.35. The van der Waals surface area contributed by atoms with E-state index in [0.717, 1.165) is 19.4 Å². The van der Waals surface area contributed by atoms with E-state index in [9.17, 15) is 9.59 Å². The monoisotopic (exact) mass is 256 g/mol. The van der Waals surface area contributed by atoms with Crippen molar-refractivity contribution in [3.8, 4) is 0 Å². The van der Waals surface area contributed by atoms with Crippen molar-refractivity contribution in [2.75, 3.05) is 32.8 Å². The van der Waals surface area contributed by atoms with Crippen molar-refractivity contribution < 1.29 is 19.4 Å². The maximum atomic E-state index is 12.1. The molecule has 18 heavy (non-hydrogen) atoms. The molecule has 0 aromatic carbocycles. The second-order valence-electron chi connectivity index (χ2n) is 4.84. The third-order valence-corrected chi connectivity index (χ3v) is 3.55. The number of nitrogens with zero attached hydrogens (tertiary/aromatic N) is 2. The zero-order valence-corrected chi connectivity index (χ0v) is 10.5. The molecule has 0 aliphatic carbocycles. The van der Waals surface area contributed by atoms with Gasteiger partial charge in [-0.05, 0) is 19.3 Å². The molecule has 6 nitrogen and oxygen atoms in total. The van der Waals surface area contributed by atoms with E-state index in [1.54, 1.807) is 4.90 Å². The van der Waals surface area contributed by atoms with Crippen molar-refractivity contribution in [3.63, 3.8) is 0 Å². The average Bonchev–Trinajstić information content (AvgIpc) is 2.70. The standard InChI is InChI=1S/C12H20N2O4/c15-11(9-10-3-1-8-18-10)13-4-2-5-14(7-6-13)12(16)17/h10H,1-9H2,(H,16,17). The maximum Gasteiger partial charge on any atom is 0.407 e. The topological polar surface area (TPSA) is 70.1 Å². The molecule has 0 saturated carbocycles. The van der Waals surface area contributed by atoms with Crippen LogP contribution in [0.3, 0.4) is 0 Å². The lowest BCUT2D eigenvalue weighted by molar-refractivity contribution is -0.133. The number of rotatable bonds is 2. The van der Waals surface area contributed by atoms with Crippen LogP contribution in [0.5, 0.6) is 0 Å². The first-order chi connectivity index (χ1) is 8.66. The van der Waals surface area contributed by atoms with Crippen molar-refractivity contribution in [1.29, 1.82) is 0 Å². The first-order valence-corrected chi connectivity index (χ1v) is 6.54. The molecule has 2 heterocycles. The molecule has 0 aromatic heterocycles. The van der Waals surface area contributed by atoms with Crippen LogP contribution >= 0.6 is 0 Å². The second-order valence-corrected chi connectivity index (χ2v) is 4.84. The lowest BCUT2D eigenvalue weighted by Crippen LogP contribution is -2.37. The zero-order chi connectivity index (χ0) is 13.0. The molecule has 1 atom stereocenters. The minimum atomic E-state index is -0.900. The van der Waals surface area contributed by atoms with Crippen molar-refractivity contribution >= 4 is 12.0 Å². The van der Waals surface area contributed by atoms with E-state index < -0.39 is 6.09 Å². The first-order valence-electron chi connectivity index (χ1n) is 6.54. The zero-order valence-electron chi connectivity index (χ0n) is 10.5. The van der Waals surface area contributed by atoms with Crippen LogP contribution in [0.15, 0.2) is 0 Å². The van der Waals surface area contributed by atoms with Gasteiger partial charge in [0.25, 0.3) is 0 Å². The highest BCUT2D eigenvalue weighted by molar-refractivity contribution is 5.77. The predicted octanol–water partition coefficient (Wildman–Crippen LogP) is 0.768. The molecule has 0 aromatic rings. The molecule has 0 radical (unpaired) electrons. The van der Waals surface area contributed by atoms with Gasteiger partial charge in [-0.25, -0.2) is 4.79 Å². The number of carbonyl (C=O) groups excluding carboxylic acids is 1. The van der Waals surface area contributed by atoms with Gasteiger partial charge in [0.1, 0.15) is 0 Å².